The summed E-state index contributed by atoms with van der Waals surface area (Å²) >= 11 is 0. The van der Waals surface area contributed by atoms with E-state index in [0.29, 0.717) is 0 Å². The van der Waals surface area contributed by atoms with Gasteiger partial charge in [0.15, 0.2) is 0 Å². The monoisotopic (exact) mass is 396 g/mol. The largest absolute Gasteiger partial charge is 0.322 e. The summed E-state index contributed by atoms with van der Waals surface area (Å²) in [5.74, 6) is -0.833. The number of para-hydroxylation sites is 2. The first-order valence-electron chi connectivity index (χ1n) is 9.55. The van der Waals surface area contributed by atoms with Gasteiger partial charge in [0.05, 0.1) is 16.7 Å². The summed E-state index contributed by atoms with van der Waals surface area (Å²) in [6.07, 6.45) is 1.79. The van der Waals surface area contributed by atoms with Gasteiger partial charge >= 0.3 is 0 Å². The van der Waals surface area contributed by atoms with Crippen molar-refractivity contribution in [2.24, 2.45) is 0 Å². The molecule has 5 aromatic rings. The van der Waals surface area contributed by atoms with Crippen LogP contribution in [0.25, 0.3) is 33.1 Å². The second-order valence-corrected chi connectivity index (χ2v) is 6.94. The lowest BCUT2D eigenvalue weighted by molar-refractivity contribution is -0.116. The molecule has 0 fully saturated rings. The number of amides is 1. The quantitative estimate of drug-likeness (QED) is 0.464. The van der Waals surface area contributed by atoms with E-state index in [0.717, 1.165) is 33.1 Å². The highest BCUT2D eigenvalue weighted by Crippen LogP contribution is 2.31. The molecule has 0 unspecified atom stereocenters. The van der Waals surface area contributed by atoms with Crippen LogP contribution in [0.5, 0.6) is 0 Å². The van der Waals surface area contributed by atoms with E-state index in [4.69, 9.17) is 5.10 Å². The zero-order valence-corrected chi connectivity index (χ0v) is 15.9. The van der Waals surface area contributed by atoms with Crippen LogP contribution >= 0.6 is 0 Å². The van der Waals surface area contributed by atoms with Crippen molar-refractivity contribution in [3.05, 3.63) is 90.9 Å². The Balaban J connectivity index is 1.62. The molecule has 2 aromatic heterocycles. The Morgan fingerprint density at radius 2 is 1.63 bits per heavy atom. The van der Waals surface area contributed by atoms with Gasteiger partial charge in [0.25, 0.3) is 0 Å². The first-order chi connectivity index (χ1) is 14.7. The maximum absolute atomic E-state index is 13.9. The smallest absolute Gasteiger partial charge is 0.246 e. The standard InChI is InChI=1S/C24H17FN4O/c25-19-11-5-7-13-21(19)27-22(30)15-29-24-17-10-4-6-12-20(17)26-14-18(24)23(28-29)16-8-2-1-3-9-16/h1-14H,15H2,(H,27,30). The summed E-state index contributed by atoms with van der Waals surface area (Å²) < 4.78 is 15.6. The van der Waals surface area contributed by atoms with E-state index >= 15 is 0 Å². The van der Waals surface area contributed by atoms with Gasteiger partial charge < -0.3 is 5.32 Å². The molecule has 2 heterocycles. The van der Waals surface area contributed by atoms with Crippen molar-refractivity contribution in [2.75, 3.05) is 5.32 Å². The highest BCUT2D eigenvalue weighted by molar-refractivity contribution is 6.08. The number of pyridine rings is 1. The van der Waals surface area contributed by atoms with E-state index in [1.807, 2.05) is 54.6 Å². The fourth-order valence-corrected chi connectivity index (χ4v) is 3.61. The molecular formula is C24H17FN4O. The fraction of sp³-hybridized carbons (Fsp3) is 0.0417. The van der Waals surface area contributed by atoms with Crippen LogP contribution in [-0.2, 0) is 11.3 Å². The lowest BCUT2D eigenvalue weighted by Gasteiger charge is -2.08. The average Bonchev–Trinajstić information content (AvgIpc) is 3.15. The molecular weight excluding hydrogens is 379 g/mol. The first kappa shape index (κ1) is 18.0. The molecule has 0 atom stereocenters. The number of nitrogens with one attached hydrogen (secondary N) is 1. The third-order valence-electron chi connectivity index (χ3n) is 4.97. The molecule has 30 heavy (non-hydrogen) atoms. The summed E-state index contributed by atoms with van der Waals surface area (Å²) in [5.41, 5.74) is 3.48. The van der Waals surface area contributed by atoms with E-state index < -0.39 is 5.82 Å². The molecule has 0 bridgehead atoms. The van der Waals surface area contributed by atoms with E-state index in [-0.39, 0.29) is 18.1 Å². The van der Waals surface area contributed by atoms with Crippen LogP contribution in [0.4, 0.5) is 10.1 Å². The minimum atomic E-state index is -0.476. The number of anilines is 1. The topological polar surface area (TPSA) is 59.8 Å². The van der Waals surface area contributed by atoms with Gasteiger partial charge in [0.2, 0.25) is 5.91 Å². The van der Waals surface area contributed by atoms with Crippen molar-refractivity contribution >= 4 is 33.4 Å². The summed E-state index contributed by atoms with van der Waals surface area (Å²) in [7, 11) is 0. The third-order valence-corrected chi connectivity index (χ3v) is 4.97. The molecule has 0 saturated carbocycles. The van der Waals surface area contributed by atoms with Gasteiger partial charge in [0, 0.05) is 22.5 Å². The van der Waals surface area contributed by atoms with Crippen molar-refractivity contribution in [1.29, 1.82) is 0 Å². The molecule has 0 saturated heterocycles. The Morgan fingerprint density at radius 1 is 0.900 bits per heavy atom. The first-order valence-corrected chi connectivity index (χ1v) is 9.55. The number of fused-ring (bicyclic) bond motifs is 3. The fourth-order valence-electron chi connectivity index (χ4n) is 3.61. The molecule has 1 amide bonds. The van der Waals surface area contributed by atoms with Crippen molar-refractivity contribution in [3.63, 3.8) is 0 Å². The van der Waals surface area contributed by atoms with Gasteiger partial charge in [-0.25, -0.2) is 4.39 Å². The number of carbonyl (C=O) groups is 1. The predicted octanol–water partition coefficient (Wildman–Crippen LogP) is 5.03. The van der Waals surface area contributed by atoms with Gasteiger partial charge in [-0.2, -0.15) is 5.10 Å². The normalized spacial score (nSPS) is 11.1. The van der Waals surface area contributed by atoms with E-state index in [1.54, 1.807) is 23.0 Å². The second kappa shape index (κ2) is 7.40. The van der Waals surface area contributed by atoms with Crippen LogP contribution in [0.15, 0.2) is 85.1 Å². The van der Waals surface area contributed by atoms with Crippen molar-refractivity contribution in [1.82, 2.24) is 14.8 Å². The van der Waals surface area contributed by atoms with E-state index in [2.05, 4.69) is 10.3 Å². The lowest BCUT2D eigenvalue weighted by atomic mass is 10.1. The van der Waals surface area contributed by atoms with E-state index in [9.17, 15) is 9.18 Å². The third kappa shape index (κ3) is 3.18. The number of nitrogens with zero attached hydrogens (tertiary/aromatic N) is 3. The van der Waals surface area contributed by atoms with Gasteiger partial charge in [-0.1, -0.05) is 60.7 Å². The van der Waals surface area contributed by atoms with Gasteiger partial charge in [-0.15, -0.1) is 0 Å². The van der Waals surface area contributed by atoms with Gasteiger partial charge in [0.1, 0.15) is 18.1 Å². The molecule has 1 N–H and O–H groups in total. The molecule has 0 aliphatic rings. The Morgan fingerprint density at radius 3 is 2.47 bits per heavy atom. The van der Waals surface area contributed by atoms with Crippen LogP contribution in [0.2, 0.25) is 0 Å². The summed E-state index contributed by atoms with van der Waals surface area (Å²) in [5, 5.41) is 9.13. The number of hydrogen-bond donors (Lipinski definition) is 1. The van der Waals surface area contributed by atoms with Crippen LogP contribution in [-0.4, -0.2) is 20.7 Å². The van der Waals surface area contributed by atoms with Crippen molar-refractivity contribution in [3.8, 4) is 11.3 Å². The lowest BCUT2D eigenvalue weighted by Crippen LogP contribution is -2.20. The molecule has 6 heteroatoms. The Labute approximate surface area is 171 Å². The number of benzene rings is 3. The zero-order chi connectivity index (χ0) is 20.5. The second-order valence-electron chi connectivity index (χ2n) is 6.94. The highest BCUT2D eigenvalue weighted by atomic mass is 19.1. The van der Waals surface area contributed by atoms with Crippen LogP contribution in [0.3, 0.4) is 0 Å². The molecule has 5 rings (SSSR count). The van der Waals surface area contributed by atoms with Crippen molar-refractivity contribution in [2.45, 2.75) is 6.54 Å². The number of hydrogen-bond acceptors (Lipinski definition) is 3. The molecule has 0 aliphatic carbocycles. The van der Waals surface area contributed by atoms with Crippen LogP contribution < -0.4 is 5.32 Å². The number of carbonyl (C=O) groups excluding carboxylic acids is 1. The summed E-state index contributed by atoms with van der Waals surface area (Å²) in [6, 6.07) is 23.6. The minimum Gasteiger partial charge on any atom is -0.322 e. The Hall–Kier alpha value is -4.06. The average molecular weight is 396 g/mol. The maximum atomic E-state index is 13.9. The minimum absolute atomic E-state index is 0.0499. The molecule has 0 radical (unpaired) electrons. The predicted molar refractivity (Wildman–Crippen MR) is 115 cm³/mol. The number of rotatable bonds is 4. The summed E-state index contributed by atoms with van der Waals surface area (Å²) in [4.78, 5) is 17.3. The van der Waals surface area contributed by atoms with Crippen LogP contribution in [0, 0.1) is 5.82 Å². The SMILES string of the molecule is O=C(Cn1nc(-c2ccccc2)c2cnc3ccccc3c21)Nc1ccccc1F. The van der Waals surface area contributed by atoms with E-state index in [1.165, 1.54) is 12.1 Å². The molecule has 3 aromatic carbocycles. The number of aromatic nitrogens is 3. The van der Waals surface area contributed by atoms with Crippen molar-refractivity contribution < 1.29 is 9.18 Å². The zero-order valence-electron chi connectivity index (χ0n) is 15.9. The molecule has 0 aliphatic heterocycles. The Kier molecular flexibility index (Phi) is 4.44. The molecule has 5 nitrogen and oxygen atoms in total. The Bertz CT molecular complexity index is 1380. The van der Waals surface area contributed by atoms with Crippen LogP contribution in [0.1, 0.15) is 0 Å². The summed E-state index contributed by atoms with van der Waals surface area (Å²) in [6.45, 7) is -0.0499. The molecule has 146 valence electrons. The molecule has 0 spiro atoms. The highest BCUT2D eigenvalue weighted by Gasteiger charge is 2.18. The van der Waals surface area contributed by atoms with Gasteiger partial charge in [-0.05, 0) is 18.2 Å². The maximum Gasteiger partial charge on any atom is 0.246 e. The van der Waals surface area contributed by atoms with Gasteiger partial charge in [-0.3, -0.25) is 14.5 Å². The number of halogens is 1.